The van der Waals surface area contributed by atoms with Gasteiger partial charge in [-0.1, -0.05) is 37.5 Å². The lowest BCUT2D eigenvalue weighted by Crippen LogP contribution is -2.39. The van der Waals surface area contributed by atoms with E-state index in [1.165, 1.54) is 19.3 Å². The highest BCUT2D eigenvalue weighted by Gasteiger charge is 2.16. The van der Waals surface area contributed by atoms with Crippen molar-refractivity contribution in [3.8, 4) is 5.75 Å². The second kappa shape index (κ2) is 7.29. The van der Waals surface area contributed by atoms with E-state index in [0.717, 1.165) is 12.8 Å². The summed E-state index contributed by atoms with van der Waals surface area (Å²) < 4.78 is 5.53. The smallest absolute Gasteiger partial charge is 0.258 e. The Hall–Kier alpha value is -1.55. The predicted octanol–water partition coefficient (Wildman–Crippen LogP) is 2.57. The van der Waals surface area contributed by atoms with Gasteiger partial charge >= 0.3 is 0 Å². The number of carbonyl (C=O) groups is 1. The van der Waals surface area contributed by atoms with Gasteiger partial charge in [-0.05, 0) is 25.8 Å². The Morgan fingerprint density at radius 3 is 2.75 bits per heavy atom. The Morgan fingerprint density at radius 1 is 1.35 bits per heavy atom. The molecule has 1 aliphatic carbocycles. The first-order valence-corrected chi connectivity index (χ1v) is 7.36. The van der Waals surface area contributed by atoms with Gasteiger partial charge < -0.3 is 15.2 Å². The molecule has 0 saturated heterocycles. The van der Waals surface area contributed by atoms with E-state index >= 15 is 0 Å². The summed E-state index contributed by atoms with van der Waals surface area (Å²) in [6.45, 7) is 1.69. The van der Waals surface area contributed by atoms with E-state index in [1.54, 1.807) is 19.1 Å². The largest absolute Gasteiger partial charge is 0.483 e. The van der Waals surface area contributed by atoms with Crippen LogP contribution < -0.4 is 10.1 Å². The van der Waals surface area contributed by atoms with E-state index < -0.39 is 6.10 Å². The van der Waals surface area contributed by atoms with Crippen molar-refractivity contribution in [1.82, 2.24) is 5.32 Å². The molecular weight excluding hydrogens is 254 g/mol. The Bertz CT molecular complexity index is 439. The van der Waals surface area contributed by atoms with E-state index in [2.05, 4.69) is 5.32 Å². The lowest BCUT2D eigenvalue weighted by atomic mass is 9.95. The summed E-state index contributed by atoms with van der Waals surface area (Å²) in [5.74, 6) is 0.485. The van der Waals surface area contributed by atoms with Crippen molar-refractivity contribution in [3.05, 3.63) is 29.8 Å². The molecular formula is C16H23NO3. The Morgan fingerprint density at radius 2 is 2.05 bits per heavy atom. The number of hydrogen-bond donors (Lipinski definition) is 2. The van der Waals surface area contributed by atoms with Crippen molar-refractivity contribution in [3.63, 3.8) is 0 Å². The van der Waals surface area contributed by atoms with Crippen LogP contribution in [0.5, 0.6) is 5.75 Å². The molecule has 0 aromatic heterocycles. The van der Waals surface area contributed by atoms with Crippen LogP contribution in [0.2, 0.25) is 0 Å². The van der Waals surface area contributed by atoms with Crippen LogP contribution in [-0.4, -0.2) is 23.7 Å². The van der Waals surface area contributed by atoms with Gasteiger partial charge in [0.05, 0.1) is 6.10 Å². The fourth-order valence-electron chi connectivity index (χ4n) is 2.62. The molecule has 1 aliphatic rings. The number of para-hydroxylation sites is 1. The summed E-state index contributed by atoms with van der Waals surface area (Å²) in [5, 5.41) is 12.7. The average molecular weight is 277 g/mol. The third-order valence-electron chi connectivity index (χ3n) is 3.70. The number of nitrogens with one attached hydrogen (secondary N) is 1. The van der Waals surface area contributed by atoms with Gasteiger partial charge in [-0.15, -0.1) is 0 Å². The maximum atomic E-state index is 11.9. The highest BCUT2D eigenvalue weighted by Crippen LogP contribution is 2.24. The minimum atomic E-state index is -0.604. The molecule has 1 aromatic rings. The van der Waals surface area contributed by atoms with E-state index in [9.17, 15) is 9.90 Å². The van der Waals surface area contributed by atoms with Crippen LogP contribution in [0.4, 0.5) is 0 Å². The molecule has 1 saturated carbocycles. The van der Waals surface area contributed by atoms with Crippen LogP contribution in [0.1, 0.15) is 50.7 Å². The number of rotatable bonds is 5. The molecule has 0 heterocycles. The molecule has 0 radical (unpaired) electrons. The highest BCUT2D eigenvalue weighted by atomic mass is 16.5. The van der Waals surface area contributed by atoms with Crippen molar-refractivity contribution in [2.45, 2.75) is 51.2 Å². The summed E-state index contributed by atoms with van der Waals surface area (Å²) in [7, 11) is 0. The summed E-state index contributed by atoms with van der Waals surface area (Å²) in [4.78, 5) is 11.9. The molecule has 0 bridgehead atoms. The predicted molar refractivity (Wildman–Crippen MR) is 77.6 cm³/mol. The normalized spacial score (nSPS) is 17.5. The van der Waals surface area contributed by atoms with Gasteiger partial charge in [-0.3, -0.25) is 4.79 Å². The number of aliphatic hydroxyl groups is 1. The lowest BCUT2D eigenvalue weighted by molar-refractivity contribution is -0.124. The number of carbonyl (C=O) groups excluding carboxylic acids is 1. The number of aliphatic hydroxyl groups excluding tert-OH is 1. The number of hydrogen-bond acceptors (Lipinski definition) is 3. The first kappa shape index (κ1) is 14.9. The van der Waals surface area contributed by atoms with Crippen LogP contribution in [0.15, 0.2) is 24.3 Å². The van der Waals surface area contributed by atoms with Gasteiger partial charge in [0.2, 0.25) is 0 Å². The summed E-state index contributed by atoms with van der Waals surface area (Å²) in [6.07, 6.45) is 5.18. The quantitative estimate of drug-likeness (QED) is 0.869. The molecule has 2 rings (SSSR count). The van der Waals surface area contributed by atoms with E-state index in [1.807, 2.05) is 12.1 Å². The summed E-state index contributed by atoms with van der Waals surface area (Å²) >= 11 is 0. The Labute approximate surface area is 120 Å². The zero-order valence-electron chi connectivity index (χ0n) is 12.0. The van der Waals surface area contributed by atoms with E-state index in [4.69, 9.17) is 4.74 Å². The first-order valence-electron chi connectivity index (χ1n) is 7.36. The molecule has 20 heavy (non-hydrogen) atoms. The maximum absolute atomic E-state index is 11.9. The molecule has 1 amide bonds. The number of amides is 1. The molecule has 110 valence electrons. The first-order chi connectivity index (χ1) is 9.66. The molecule has 4 heteroatoms. The number of benzene rings is 1. The standard InChI is InChI=1S/C16H23NO3/c1-12(18)14-9-5-6-10-15(14)20-11-16(19)17-13-7-3-2-4-8-13/h5-6,9-10,12-13,18H,2-4,7-8,11H2,1H3,(H,17,19). The van der Waals surface area contributed by atoms with Crippen LogP contribution in [0.25, 0.3) is 0 Å². The summed E-state index contributed by atoms with van der Waals surface area (Å²) in [5.41, 5.74) is 0.706. The average Bonchev–Trinajstić information content (AvgIpc) is 2.46. The van der Waals surface area contributed by atoms with Gasteiger partial charge in [0.1, 0.15) is 5.75 Å². The molecule has 4 nitrogen and oxygen atoms in total. The Balaban J connectivity index is 1.83. The van der Waals surface area contributed by atoms with Gasteiger partial charge in [-0.25, -0.2) is 0 Å². The summed E-state index contributed by atoms with van der Waals surface area (Å²) in [6, 6.07) is 7.55. The van der Waals surface area contributed by atoms with Crippen molar-refractivity contribution in [2.75, 3.05) is 6.61 Å². The van der Waals surface area contributed by atoms with Crippen molar-refractivity contribution >= 4 is 5.91 Å². The van der Waals surface area contributed by atoms with Crippen molar-refractivity contribution < 1.29 is 14.6 Å². The SMILES string of the molecule is CC(O)c1ccccc1OCC(=O)NC1CCCCC1. The fourth-order valence-corrected chi connectivity index (χ4v) is 2.62. The molecule has 1 fully saturated rings. The zero-order chi connectivity index (χ0) is 14.4. The zero-order valence-corrected chi connectivity index (χ0v) is 12.0. The van der Waals surface area contributed by atoms with Crippen LogP contribution in [0, 0.1) is 0 Å². The Kier molecular flexibility index (Phi) is 5.41. The topological polar surface area (TPSA) is 58.6 Å². The van der Waals surface area contributed by atoms with Gasteiger partial charge in [-0.2, -0.15) is 0 Å². The van der Waals surface area contributed by atoms with Crippen molar-refractivity contribution in [1.29, 1.82) is 0 Å². The molecule has 1 unspecified atom stereocenters. The molecule has 1 atom stereocenters. The minimum Gasteiger partial charge on any atom is -0.483 e. The van der Waals surface area contributed by atoms with Crippen LogP contribution in [-0.2, 0) is 4.79 Å². The monoisotopic (exact) mass is 277 g/mol. The molecule has 0 aliphatic heterocycles. The van der Waals surface area contributed by atoms with Gasteiger partial charge in [0, 0.05) is 11.6 Å². The fraction of sp³-hybridized carbons (Fsp3) is 0.562. The van der Waals surface area contributed by atoms with Gasteiger partial charge in [0.25, 0.3) is 5.91 Å². The highest BCUT2D eigenvalue weighted by molar-refractivity contribution is 5.77. The minimum absolute atomic E-state index is 0.000231. The van der Waals surface area contributed by atoms with Gasteiger partial charge in [0.15, 0.2) is 6.61 Å². The maximum Gasteiger partial charge on any atom is 0.258 e. The van der Waals surface area contributed by atoms with E-state index in [-0.39, 0.29) is 12.5 Å². The van der Waals surface area contributed by atoms with Crippen LogP contribution in [0.3, 0.4) is 0 Å². The second-order valence-electron chi connectivity index (χ2n) is 5.40. The third-order valence-corrected chi connectivity index (χ3v) is 3.70. The lowest BCUT2D eigenvalue weighted by Gasteiger charge is -2.23. The van der Waals surface area contributed by atoms with E-state index in [0.29, 0.717) is 17.4 Å². The van der Waals surface area contributed by atoms with Crippen molar-refractivity contribution in [2.24, 2.45) is 0 Å². The molecule has 2 N–H and O–H groups in total. The number of ether oxygens (including phenoxy) is 1. The molecule has 1 aromatic carbocycles. The van der Waals surface area contributed by atoms with Crippen LogP contribution >= 0.6 is 0 Å². The third kappa shape index (κ3) is 4.23. The second-order valence-corrected chi connectivity index (χ2v) is 5.40. The molecule has 0 spiro atoms.